The summed E-state index contributed by atoms with van der Waals surface area (Å²) in [4.78, 5) is 0. The van der Waals surface area contributed by atoms with Crippen molar-refractivity contribution in [3.05, 3.63) is 108 Å². The molecule has 0 bridgehead atoms. The number of anilines is 1. The normalized spacial score (nSPS) is 11.3. The lowest BCUT2D eigenvalue weighted by Crippen LogP contribution is -2.33. The van der Waals surface area contributed by atoms with Crippen LogP contribution >= 0.6 is 12.2 Å². The van der Waals surface area contributed by atoms with E-state index in [1.54, 1.807) is 6.08 Å². The van der Waals surface area contributed by atoms with Gasteiger partial charge < -0.3 is 15.4 Å². The highest BCUT2D eigenvalue weighted by Crippen LogP contribution is 2.23. The highest BCUT2D eigenvalue weighted by molar-refractivity contribution is 7.80. The molecule has 0 saturated heterocycles. The van der Waals surface area contributed by atoms with Crippen LogP contribution in [0.25, 0.3) is 0 Å². The summed E-state index contributed by atoms with van der Waals surface area (Å²) in [6.07, 6.45) is 1.72. The molecule has 1 atom stereocenters. The van der Waals surface area contributed by atoms with Crippen molar-refractivity contribution < 1.29 is 4.74 Å². The Balaban J connectivity index is 1.73. The summed E-state index contributed by atoms with van der Waals surface area (Å²) < 4.78 is 5.51. The topological polar surface area (TPSA) is 33.3 Å². The molecule has 0 radical (unpaired) electrons. The lowest BCUT2D eigenvalue weighted by Gasteiger charge is -2.22. The molecule has 0 amide bonds. The van der Waals surface area contributed by atoms with Crippen LogP contribution in [0.4, 0.5) is 5.69 Å². The maximum Gasteiger partial charge on any atom is 0.171 e. The number of hydrogen-bond acceptors (Lipinski definition) is 2. The predicted molar refractivity (Wildman–Crippen MR) is 121 cm³/mol. The smallest absolute Gasteiger partial charge is 0.171 e. The molecule has 3 rings (SSSR count). The highest BCUT2D eigenvalue weighted by atomic mass is 32.1. The average molecular weight is 389 g/mol. The Labute approximate surface area is 172 Å². The number of thiocarbonyl (C=S) groups is 1. The van der Waals surface area contributed by atoms with Crippen LogP contribution in [0.1, 0.15) is 22.7 Å². The standard InChI is InChI=1S/C24H24N2OS/c1-3-16-27-22-14-12-21(13-15-22)25-24(28)26-23(19-9-5-4-6-10-19)20-11-7-8-18(2)17-20/h3-15,17,23H,1,16H2,2H3,(H2,25,26,28)/t23-/m0/s1. The number of rotatable bonds is 7. The quantitative estimate of drug-likeness (QED) is 0.406. The Kier molecular flexibility index (Phi) is 6.82. The van der Waals surface area contributed by atoms with Crippen LogP contribution in [0.2, 0.25) is 0 Å². The molecule has 0 aliphatic heterocycles. The third kappa shape index (κ3) is 5.44. The van der Waals surface area contributed by atoms with E-state index in [0.717, 1.165) is 17.0 Å². The molecule has 2 N–H and O–H groups in total. The number of nitrogens with one attached hydrogen (secondary N) is 2. The molecule has 3 aromatic rings. The fourth-order valence-electron chi connectivity index (χ4n) is 2.94. The summed E-state index contributed by atoms with van der Waals surface area (Å²) in [5.41, 5.74) is 4.45. The van der Waals surface area contributed by atoms with Crippen molar-refractivity contribution in [3.8, 4) is 5.75 Å². The lowest BCUT2D eigenvalue weighted by atomic mass is 9.97. The van der Waals surface area contributed by atoms with Crippen LogP contribution in [0.5, 0.6) is 5.75 Å². The van der Waals surface area contributed by atoms with Gasteiger partial charge in [-0.2, -0.15) is 0 Å². The molecule has 0 aromatic heterocycles. The average Bonchev–Trinajstić information content (AvgIpc) is 2.72. The number of aryl methyl sites for hydroxylation is 1. The lowest BCUT2D eigenvalue weighted by molar-refractivity contribution is 0.363. The van der Waals surface area contributed by atoms with Gasteiger partial charge >= 0.3 is 0 Å². The first-order valence-corrected chi connectivity index (χ1v) is 9.59. The number of benzene rings is 3. The molecular weight excluding hydrogens is 364 g/mol. The van der Waals surface area contributed by atoms with E-state index in [-0.39, 0.29) is 6.04 Å². The van der Waals surface area contributed by atoms with E-state index in [1.165, 1.54) is 11.1 Å². The van der Waals surface area contributed by atoms with Crippen LogP contribution in [0.3, 0.4) is 0 Å². The monoisotopic (exact) mass is 388 g/mol. The predicted octanol–water partition coefficient (Wildman–Crippen LogP) is 5.64. The maximum absolute atomic E-state index is 5.58. The van der Waals surface area contributed by atoms with Crippen LogP contribution in [0.15, 0.2) is 91.5 Å². The molecule has 0 aliphatic carbocycles. The van der Waals surface area contributed by atoms with E-state index in [9.17, 15) is 0 Å². The van der Waals surface area contributed by atoms with Crippen molar-refractivity contribution in [1.82, 2.24) is 5.32 Å². The van der Waals surface area contributed by atoms with Gasteiger partial charge in [0, 0.05) is 5.69 Å². The summed E-state index contributed by atoms with van der Waals surface area (Å²) >= 11 is 5.58. The van der Waals surface area contributed by atoms with Gasteiger partial charge in [-0.25, -0.2) is 0 Å². The molecule has 0 unspecified atom stereocenters. The van der Waals surface area contributed by atoms with Crippen LogP contribution in [-0.2, 0) is 0 Å². The van der Waals surface area contributed by atoms with E-state index in [4.69, 9.17) is 17.0 Å². The van der Waals surface area contributed by atoms with Gasteiger partial charge in [-0.15, -0.1) is 0 Å². The Morgan fingerprint density at radius 3 is 2.39 bits per heavy atom. The van der Waals surface area contributed by atoms with E-state index in [0.29, 0.717) is 11.7 Å². The maximum atomic E-state index is 5.58. The Bertz CT molecular complexity index is 923. The molecule has 142 valence electrons. The minimum Gasteiger partial charge on any atom is -0.490 e. The molecule has 3 aromatic carbocycles. The zero-order valence-corrected chi connectivity index (χ0v) is 16.7. The van der Waals surface area contributed by atoms with Crippen molar-refractivity contribution in [3.63, 3.8) is 0 Å². The molecule has 3 nitrogen and oxygen atoms in total. The molecule has 4 heteroatoms. The second kappa shape index (κ2) is 9.72. The Morgan fingerprint density at radius 2 is 1.71 bits per heavy atom. The van der Waals surface area contributed by atoms with Gasteiger partial charge in [-0.05, 0) is 54.5 Å². The minimum absolute atomic E-state index is 0.0312. The molecule has 0 fully saturated rings. The fraction of sp³-hybridized carbons (Fsp3) is 0.125. The van der Waals surface area contributed by atoms with E-state index in [1.807, 2.05) is 42.5 Å². The molecule has 0 aliphatic rings. The zero-order chi connectivity index (χ0) is 19.8. The van der Waals surface area contributed by atoms with Crippen molar-refractivity contribution in [2.45, 2.75) is 13.0 Å². The van der Waals surface area contributed by atoms with Gasteiger partial charge in [-0.1, -0.05) is 72.8 Å². The van der Waals surface area contributed by atoms with Crippen molar-refractivity contribution in [2.75, 3.05) is 11.9 Å². The third-order valence-corrected chi connectivity index (χ3v) is 4.48. The molecule has 0 spiro atoms. The summed E-state index contributed by atoms with van der Waals surface area (Å²) in [6.45, 7) is 6.24. The van der Waals surface area contributed by atoms with E-state index < -0.39 is 0 Å². The first-order valence-electron chi connectivity index (χ1n) is 9.18. The Morgan fingerprint density at radius 1 is 1.00 bits per heavy atom. The van der Waals surface area contributed by atoms with Crippen molar-refractivity contribution in [1.29, 1.82) is 0 Å². The molecular formula is C24H24N2OS. The SMILES string of the molecule is C=CCOc1ccc(NC(=S)N[C@@H](c2ccccc2)c2cccc(C)c2)cc1. The second-order valence-corrected chi connectivity index (χ2v) is 6.89. The summed E-state index contributed by atoms with van der Waals surface area (Å²) in [7, 11) is 0. The Hall–Kier alpha value is -3.11. The summed E-state index contributed by atoms with van der Waals surface area (Å²) in [5.74, 6) is 0.797. The largest absolute Gasteiger partial charge is 0.490 e. The first kappa shape index (κ1) is 19.6. The molecule has 0 saturated carbocycles. The van der Waals surface area contributed by atoms with Gasteiger partial charge in [0.25, 0.3) is 0 Å². The minimum atomic E-state index is -0.0312. The van der Waals surface area contributed by atoms with Crippen molar-refractivity contribution in [2.24, 2.45) is 0 Å². The van der Waals surface area contributed by atoms with Crippen molar-refractivity contribution >= 4 is 23.0 Å². The molecule has 28 heavy (non-hydrogen) atoms. The summed E-state index contributed by atoms with van der Waals surface area (Å²) in [5, 5.41) is 7.27. The van der Waals surface area contributed by atoms with Gasteiger partial charge in [0.15, 0.2) is 5.11 Å². The van der Waals surface area contributed by atoms with Crippen LogP contribution < -0.4 is 15.4 Å². The van der Waals surface area contributed by atoms with Gasteiger partial charge in [0.1, 0.15) is 12.4 Å². The van der Waals surface area contributed by atoms with E-state index >= 15 is 0 Å². The zero-order valence-electron chi connectivity index (χ0n) is 15.9. The van der Waals surface area contributed by atoms with E-state index in [2.05, 4.69) is 60.5 Å². The van der Waals surface area contributed by atoms with Crippen LogP contribution in [0, 0.1) is 6.92 Å². The third-order valence-electron chi connectivity index (χ3n) is 4.26. The van der Waals surface area contributed by atoms with Gasteiger partial charge in [-0.3, -0.25) is 0 Å². The number of ether oxygens (including phenoxy) is 1. The fourth-order valence-corrected chi connectivity index (χ4v) is 3.18. The highest BCUT2D eigenvalue weighted by Gasteiger charge is 2.15. The van der Waals surface area contributed by atoms with Gasteiger partial charge in [0.2, 0.25) is 0 Å². The summed E-state index contributed by atoms with van der Waals surface area (Å²) in [6, 6.07) is 26.4. The first-order chi connectivity index (χ1) is 13.7. The number of hydrogen-bond donors (Lipinski definition) is 2. The van der Waals surface area contributed by atoms with Gasteiger partial charge in [0.05, 0.1) is 6.04 Å². The second-order valence-electron chi connectivity index (χ2n) is 6.48. The van der Waals surface area contributed by atoms with Crippen LogP contribution in [-0.4, -0.2) is 11.7 Å². The molecule has 0 heterocycles.